The van der Waals surface area contributed by atoms with Crippen LogP contribution in [0, 0.1) is 0 Å². The highest BCUT2D eigenvalue weighted by molar-refractivity contribution is 14.1. The van der Waals surface area contributed by atoms with Crippen molar-refractivity contribution in [2.24, 2.45) is 0 Å². The largest absolute Gasteiger partial charge is 0.460 e. The minimum absolute atomic E-state index is 0.651. The number of rotatable bonds is 3. The lowest BCUT2D eigenvalue weighted by Gasteiger charge is -2.35. The fourth-order valence-corrected chi connectivity index (χ4v) is 0.892. The summed E-state index contributed by atoms with van der Waals surface area (Å²) in [4.78, 5) is 0. The molecule has 0 aliphatic rings. The van der Waals surface area contributed by atoms with E-state index in [9.17, 15) is 48.3 Å². The highest BCUT2D eigenvalue weighted by Gasteiger charge is 2.86. The highest BCUT2D eigenvalue weighted by atomic mass is 127. The zero-order valence-corrected chi connectivity index (χ0v) is 9.19. The molecule has 0 nitrogen and oxygen atoms in total. The van der Waals surface area contributed by atoms with Crippen molar-refractivity contribution in [2.75, 3.05) is 0 Å². The number of halogens is 12. The van der Waals surface area contributed by atoms with Crippen molar-refractivity contribution in [3.63, 3.8) is 0 Å². The second-order valence-electron chi connectivity index (χ2n) is 2.72. The van der Waals surface area contributed by atoms with Crippen LogP contribution in [0.3, 0.4) is 0 Å². The Morgan fingerprint density at radius 2 is 0.765 bits per heavy atom. The van der Waals surface area contributed by atoms with Gasteiger partial charge in [0.25, 0.3) is 0 Å². The van der Waals surface area contributed by atoms with Crippen molar-refractivity contribution >= 4 is 22.6 Å². The normalized spacial score (nSPS) is 16.2. The van der Waals surface area contributed by atoms with Crippen LogP contribution in [-0.4, -0.2) is 27.9 Å². The average molecular weight is 396 g/mol. The summed E-state index contributed by atoms with van der Waals surface area (Å²) in [7, 11) is 0. The van der Waals surface area contributed by atoms with E-state index in [0.29, 0.717) is 0 Å². The summed E-state index contributed by atoms with van der Waals surface area (Å²) in [5, 5.41) is 0. The second kappa shape index (κ2) is 3.98. The fourth-order valence-electron chi connectivity index (χ4n) is 0.553. The van der Waals surface area contributed by atoms with E-state index in [-0.39, 0.29) is 0 Å². The first-order chi connectivity index (χ1) is 7.00. The van der Waals surface area contributed by atoms with Gasteiger partial charge in [-0.3, -0.25) is 0 Å². The van der Waals surface area contributed by atoms with Crippen LogP contribution >= 0.6 is 22.6 Å². The van der Waals surface area contributed by atoms with Crippen LogP contribution in [0.4, 0.5) is 48.3 Å². The van der Waals surface area contributed by atoms with E-state index in [1.807, 2.05) is 0 Å². The highest BCUT2D eigenvalue weighted by Crippen LogP contribution is 2.58. The summed E-state index contributed by atoms with van der Waals surface area (Å²) < 4.78 is 126. The van der Waals surface area contributed by atoms with Gasteiger partial charge in [-0.15, -0.1) is 0 Å². The molecule has 0 amide bonds. The van der Waals surface area contributed by atoms with Crippen LogP contribution in [0.5, 0.6) is 0 Å². The SMILES string of the molecule is FC(F)(F)C(F)(F)C(F)(F)C(F)(F)C(F)(F)I. The molecular formula is C5F11I. The maximum absolute atomic E-state index is 12.3. The van der Waals surface area contributed by atoms with E-state index in [1.54, 1.807) is 0 Å². The Kier molecular flexibility index (Phi) is 3.97. The van der Waals surface area contributed by atoms with Crippen molar-refractivity contribution < 1.29 is 48.3 Å². The number of hydrogen-bond donors (Lipinski definition) is 0. The average Bonchev–Trinajstić information content (AvgIpc) is 1.98. The molecular weight excluding hydrogens is 396 g/mol. The van der Waals surface area contributed by atoms with Gasteiger partial charge in [0.05, 0.1) is 0 Å². The van der Waals surface area contributed by atoms with Gasteiger partial charge in [-0.1, -0.05) is 0 Å². The monoisotopic (exact) mass is 396 g/mol. The molecule has 17 heavy (non-hydrogen) atoms. The molecule has 0 bridgehead atoms. The Morgan fingerprint density at radius 3 is 0.941 bits per heavy atom. The van der Waals surface area contributed by atoms with E-state index >= 15 is 0 Å². The van der Waals surface area contributed by atoms with Crippen LogP contribution in [0.2, 0.25) is 0 Å². The van der Waals surface area contributed by atoms with Gasteiger partial charge >= 0.3 is 27.9 Å². The van der Waals surface area contributed by atoms with Crippen molar-refractivity contribution in [2.45, 2.75) is 27.9 Å². The molecule has 0 spiro atoms. The molecule has 0 aromatic carbocycles. The van der Waals surface area contributed by atoms with Gasteiger partial charge < -0.3 is 0 Å². The molecule has 0 saturated heterocycles. The predicted octanol–water partition coefficient (Wildman–Crippen LogP) is 4.48. The van der Waals surface area contributed by atoms with Crippen molar-refractivity contribution in [3.8, 4) is 0 Å². The topological polar surface area (TPSA) is 0 Å². The Bertz CT molecular complexity index is 255. The zero-order chi connectivity index (χ0) is 14.5. The van der Waals surface area contributed by atoms with E-state index in [4.69, 9.17) is 0 Å². The molecule has 0 aliphatic carbocycles. The van der Waals surface area contributed by atoms with Gasteiger partial charge in [0.15, 0.2) is 0 Å². The summed E-state index contributed by atoms with van der Waals surface area (Å²) in [6, 6.07) is 0. The van der Waals surface area contributed by atoms with Gasteiger partial charge in [0.2, 0.25) is 0 Å². The lowest BCUT2D eigenvalue weighted by molar-refractivity contribution is -0.410. The van der Waals surface area contributed by atoms with Gasteiger partial charge in [-0.25, -0.2) is 0 Å². The minimum Gasteiger partial charge on any atom is -0.192 e. The molecule has 0 saturated carbocycles. The first-order valence-corrected chi connectivity index (χ1v) is 4.35. The van der Waals surface area contributed by atoms with Crippen LogP contribution in [0.15, 0.2) is 0 Å². The smallest absolute Gasteiger partial charge is 0.192 e. The Hall–Kier alpha value is -0.0400. The minimum atomic E-state index is -7.29. The van der Waals surface area contributed by atoms with E-state index < -0.39 is 50.5 Å². The molecule has 0 rings (SSSR count). The van der Waals surface area contributed by atoms with E-state index in [2.05, 4.69) is 0 Å². The molecule has 0 atom stereocenters. The third-order valence-electron chi connectivity index (χ3n) is 1.50. The number of alkyl halides is 12. The van der Waals surface area contributed by atoms with Gasteiger partial charge in [-0.2, -0.15) is 48.3 Å². The summed E-state index contributed by atoms with van der Waals surface area (Å²) in [6.07, 6.45) is -7.10. The molecule has 0 aromatic rings. The molecule has 0 aliphatic heterocycles. The van der Waals surface area contributed by atoms with Crippen LogP contribution in [0.1, 0.15) is 0 Å². The molecule has 0 radical (unpaired) electrons. The maximum Gasteiger partial charge on any atom is 0.460 e. The molecule has 104 valence electrons. The fraction of sp³-hybridized carbons (Fsp3) is 1.00. The van der Waals surface area contributed by atoms with E-state index in [1.165, 1.54) is 0 Å². The summed E-state index contributed by atoms with van der Waals surface area (Å²) in [6.45, 7) is 0. The molecule has 0 N–H and O–H groups in total. The first-order valence-electron chi connectivity index (χ1n) is 3.27. The molecule has 0 unspecified atom stereocenters. The van der Waals surface area contributed by atoms with Crippen molar-refractivity contribution in [1.29, 1.82) is 0 Å². The Balaban J connectivity index is 5.73. The molecule has 0 fully saturated rings. The lowest BCUT2D eigenvalue weighted by atomic mass is 10.0. The lowest BCUT2D eigenvalue weighted by Crippen LogP contribution is -2.65. The predicted molar refractivity (Wildman–Crippen MR) is 39.9 cm³/mol. The quantitative estimate of drug-likeness (QED) is 0.375. The summed E-state index contributed by atoms with van der Waals surface area (Å²) >= 11 is -0.651. The summed E-state index contributed by atoms with van der Waals surface area (Å²) in [5.41, 5.74) is 0. The van der Waals surface area contributed by atoms with Crippen molar-refractivity contribution in [3.05, 3.63) is 0 Å². The van der Waals surface area contributed by atoms with Crippen LogP contribution in [-0.2, 0) is 0 Å². The molecule has 12 heteroatoms. The molecule has 0 heterocycles. The van der Waals surface area contributed by atoms with E-state index in [0.717, 1.165) is 0 Å². The van der Waals surface area contributed by atoms with Crippen LogP contribution in [0.25, 0.3) is 0 Å². The van der Waals surface area contributed by atoms with Crippen molar-refractivity contribution in [1.82, 2.24) is 0 Å². The van der Waals surface area contributed by atoms with Gasteiger partial charge in [0.1, 0.15) is 0 Å². The van der Waals surface area contributed by atoms with Crippen LogP contribution < -0.4 is 0 Å². The summed E-state index contributed by atoms with van der Waals surface area (Å²) in [5.74, 6) is -21.5. The van der Waals surface area contributed by atoms with Gasteiger partial charge in [-0.05, 0) is 0 Å². The Labute approximate surface area is 99.3 Å². The first kappa shape index (κ1) is 17.0. The Morgan fingerprint density at radius 1 is 0.471 bits per heavy atom. The zero-order valence-electron chi connectivity index (χ0n) is 7.04. The number of hydrogen-bond acceptors (Lipinski definition) is 0. The maximum atomic E-state index is 12.3. The third-order valence-corrected chi connectivity index (χ3v) is 2.18. The molecule has 0 aromatic heterocycles. The third kappa shape index (κ3) is 2.41. The van der Waals surface area contributed by atoms with Gasteiger partial charge in [0, 0.05) is 22.6 Å². The second-order valence-corrected chi connectivity index (χ2v) is 4.07. The standard InChI is InChI=1S/C5F11I/c6-1(7,2(8,9)4(12,13)14)3(10,11)5(15,16)17.